The zero-order valence-corrected chi connectivity index (χ0v) is 27.7. The van der Waals surface area contributed by atoms with Gasteiger partial charge >= 0.3 is 6.09 Å². The number of amidine groups is 1. The van der Waals surface area contributed by atoms with Crippen LogP contribution < -0.4 is 44.2 Å². The van der Waals surface area contributed by atoms with Gasteiger partial charge in [-0.15, -0.1) is 0 Å². The van der Waals surface area contributed by atoms with Gasteiger partial charge in [0, 0.05) is 25.2 Å². The van der Waals surface area contributed by atoms with Crippen LogP contribution >= 0.6 is 0 Å². The normalized spacial score (nSPS) is 12.3. The molecule has 0 spiro atoms. The predicted octanol–water partition coefficient (Wildman–Crippen LogP) is -0.129. The Morgan fingerprint density at radius 2 is 1.43 bits per heavy atom. The van der Waals surface area contributed by atoms with Crippen molar-refractivity contribution in [1.82, 2.24) is 21.3 Å². The van der Waals surface area contributed by atoms with Gasteiger partial charge in [0.1, 0.15) is 30.4 Å². The molecule has 266 valence electrons. The van der Waals surface area contributed by atoms with Crippen LogP contribution in [0.25, 0.3) is 0 Å². The van der Waals surface area contributed by atoms with Gasteiger partial charge in [-0.05, 0) is 56.6 Å². The maximum absolute atomic E-state index is 13.6. The summed E-state index contributed by atoms with van der Waals surface area (Å²) in [6.07, 6.45) is 0.822. The molecule has 0 aliphatic carbocycles. The molecule has 2 rings (SSSR count). The van der Waals surface area contributed by atoms with Crippen LogP contribution in [0.2, 0.25) is 0 Å². The summed E-state index contributed by atoms with van der Waals surface area (Å²) < 4.78 is 5.21. The number of nitrogen functional groups attached to an aromatic ring is 1. The first kappa shape index (κ1) is 39.5. The number of benzene rings is 2. The minimum absolute atomic E-state index is 0.00784. The lowest BCUT2D eigenvalue weighted by Gasteiger charge is -2.24. The molecule has 0 heterocycles. The summed E-state index contributed by atoms with van der Waals surface area (Å²) >= 11 is 0. The number of ether oxygens (including phenoxy) is 1. The average molecular weight is 681 g/mol. The summed E-state index contributed by atoms with van der Waals surface area (Å²) in [7, 11) is 0. The first-order chi connectivity index (χ1) is 23.4. The molecule has 0 saturated heterocycles. The Morgan fingerprint density at radius 1 is 0.776 bits per heavy atom. The van der Waals surface area contributed by atoms with Crippen LogP contribution in [0.1, 0.15) is 55.7 Å². The smallest absolute Gasteiger partial charge is 0.407 e. The number of amides is 5. The van der Waals surface area contributed by atoms with E-state index in [1.807, 2.05) is 30.3 Å². The highest BCUT2D eigenvalue weighted by atomic mass is 16.5. The molecule has 0 aliphatic rings. The summed E-state index contributed by atoms with van der Waals surface area (Å²) in [5, 5.41) is 18.2. The molecule has 0 fully saturated rings. The molecule has 0 radical (unpaired) electrons. The Labute approximate surface area is 285 Å². The zero-order chi connectivity index (χ0) is 36.2. The lowest BCUT2D eigenvalue weighted by Crippen LogP contribution is -2.55. The number of nitrogens with zero attached hydrogens (tertiary/aromatic N) is 1. The lowest BCUT2D eigenvalue weighted by atomic mass is 9.95. The molecular weight excluding hydrogens is 632 g/mol. The van der Waals surface area contributed by atoms with Crippen LogP contribution in [0, 0.1) is 11.3 Å². The van der Waals surface area contributed by atoms with Gasteiger partial charge in [-0.1, -0.05) is 54.6 Å². The molecule has 16 nitrogen and oxygen atoms in total. The van der Waals surface area contributed by atoms with Crippen LogP contribution in [0.3, 0.4) is 0 Å². The second-order valence-corrected chi connectivity index (χ2v) is 11.2. The number of primary amides is 1. The number of hydrogen-bond donors (Lipinski definition) is 9. The molecule has 5 amide bonds. The number of aliphatic imine (C=N–C) groups is 1. The van der Waals surface area contributed by atoms with Crippen LogP contribution in [-0.4, -0.2) is 73.2 Å². The Morgan fingerprint density at radius 3 is 2.04 bits per heavy atom. The van der Waals surface area contributed by atoms with Crippen molar-refractivity contribution in [1.29, 1.82) is 5.41 Å². The summed E-state index contributed by atoms with van der Waals surface area (Å²) in [5.74, 6) is -4.13. The Kier molecular flexibility index (Phi) is 17.1. The van der Waals surface area contributed by atoms with Gasteiger partial charge in [-0.3, -0.25) is 29.6 Å². The van der Waals surface area contributed by atoms with Crippen LogP contribution in [-0.2, 0) is 36.9 Å². The van der Waals surface area contributed by atoms with Gasteiger partial charge in [0.15, 0.2) is 5.96 Å². The number of unbranched alkanes of at least 4 members (excludes halogenated alkanes) is 1. The number of alkyl carbamates (subject to hydrolysis) is 1. The van der Waals surface area contributed by atoms with Gasteiger partial charge < -0.3 is 48.9 Å². The molecule has 2 aromatic carbocycles. The first-order valence-electron chi connectivity index (χ1n) is 16.0. The van der Waals surface area contributed by atoms with E-state index in [-0.39, 0.29) is 57.3 Å². The second kappa shape index (κ2) is 21.3. The molecule has 16 heteroatoms. The summed E-state index contributed by atoms with van der Waals surface area (Å²) in [6.45, 7) is 2.55. The predicted molar refractivity (Wildman–Crippen MR) is 185 cm³/mol. The maximum Gasteiger partial charge on any atom is 0.407 e. The van der Waals surface area contributed by atoms with Crippen molar-refractivity contribution in [3.63, 3.8) is 0 Å². The quantitative estimate of drug-likeness (QED) is 0.0367. The molecule has 0 saturated carbocycles. The van der Waals surface area contributed by atoms with Gasteiger partial charge in [-0.2, -0.15) is 0 Å². The molecule has 13 N–H and O–H groups in total. The van der Waals surface area contributed by atoms with E-state index < -0.39 is 47.7 Å². The Hall–Kier alpha value is -5.67. The van der Waals surface area contributed by atoms with Crippen molar-refractivity contribution in [2.24, 2.45) is 33.8 Å². The minimum Gasteiger partial charge on any atom is -0.445 e. The van der Waals surface area contributed by atoms with Crippen LogP contribution in [0.4, 0.5) is 4.79 Å². The second-order valence-electron chi connectivity index (χ2n) is 11.2. The van der Waals surface area contributed by atoms with Gasteiger partial charge in [-0.25, -0.2) is 4.79 Å². The standard InChI is InChI=1S/C33H48N10O6/c1-2-39-29(45)24(19-21-13-15-23(16-14-21)27(34)35)30(46)43-26(31(47)42-25(28(36)44)12-8-18-40-32(37)38)11-6-7-17-41-33(48)49-20-22-9-4-3-5-10-22/h3-5,9-10,13-16,24-26H,2,6-8,11-12,17-20H2,1H3,(H3,34,35)(H2,36,44)(H,39,45)(H,41,48)(H,42,47)(H,43,46)(H4,37,38,40)/t24?,25-,26-/m0/s1. The van der Waals surface area contributed by atoms with Crippen molar-refractivity contribution in [2.75, 3.05) is 19.6 Å². The number of guanidine groups is 1. The number of rotatable bonds is 21. The third kappa shape index (κ3) is 15.2. The van der Waals surface area contributed by atoms with E-state index in [0.29, 0.717) is 30.4 Å². The average Bonchev–Trinajstić information content (AvgIpc) is 3.07. The number of nitrogens with one attached hydrogen (secondary N) is 5. The van der Waals surface area contributed by atoms with E-state index in [0.717, 1.165) is 5.56 Å². The van der Waals surface area contributed by atoms with Crippen molar-refractivity contribution < 1.29 is 28.7 Å². The Bertz CT molecular complexity index is 1430. The van der Waals surface area contributed by atoms with Crippen molar-refractivity contribution in [3.05, 3.63) is 71.3 Å². The van der Waals surface area contributed by atoms with Crippen LogP contribution in [0.5, 0.6) is 0 Å². The molecule has 49 heavy (non-hydrogen) atoms. The number of hydrogen-bond acceptors (Lipinski definition) is 8. The SMILES string of the molecule is CCNC(=O)C(Cc1ccc(C(=N)N)cc1)C(=O)N[C@@H](CCCCNC(=O)OCc1ccccc1)C(=O)N[C@@H](CCCN=C(N)N)C(N)=O. The molecule has 0 aliphatic heterocycles. The van der Waals surface area contributed by atoms with Crippen molar-refractivity contribution in [3.8, 4) is 0 Å². The van der Waals surface area contributed by atoms with Crippen LogP contribution in [0.15, 0.2) is 59.6 Å². The first-order valence-corrected chi connectivity index (χ1v) is 16.0. The third-order valence-corrected chi connectivity index (χ3v) is 7.33. The van der Waals surface area contributed by atoms with E-state index in [1.54, 1.807) is 31.2 Å². The van der Waals surface area contributed by atoms with Crippen molar-refractivity contribution >= 4 is 41.5 Å². The monoisotopic (exact) mass is 680 g/mol. The minimum atomic E-state index is -1.20. The van der Waals surface area contributed by atoms with E-state index in [4.69, 9.17) is 33.1 Å². The van der Waals surface area contributed by atoms with Gasteiger partial charge in [0.05, 0.1) is 0 Å². The molecule has 0 aromatic heterocycles. The topological polar surface area (TPSA) is 283 Å². The summed E-state index contributed by atoms with van der Waals surface area (Å²) in [4.78, 5) is 68.2. The largest absolute Gasteiger partial charge is 0.445 e. The maximum atomic E-state index is 13.6. The number of nitrogens with two attached hydrogens (primary N) is 4. The summed E-state index contributed by atoms with van der Waals surface area (Å²) in [6, 6.07) is 13.5. The van der Waals surface area contributed by atoms with Gasteiger partial charge in [0.25, 0.3) is 0 Å². The highest BCUT2D eigenvalue weighted by Gasteiger charge is 2.31. The number of carbonyl (C=O) groups excluding carboxylic acids is 5. The Balaban J connectivity index is 2.12. The molecule has 3 atom stereocenters. The fourth-order valence-electron chi connectivity index (χ4n) is 4.70. The van der Waals surface area contributed by atoms with E-state index in [2.05, 4.69) is 26.3 Å². The molecule has 2 aromatic rings. The fraction of sp³-hybridized carbons (Fsp3) is 0.424. The molecule has 0 bridgehead atoms. The third-order valence-electron chi connectivity index (χ3n) is 7.33. The molecule has 1 unspecified atom stereocenters. The summed E-state index contributed by atoms with van der Waals surface area (Å²) in [5.41, 5.74) is 23.7. The lowest BCUT2D eigenvalue weighted by molar-refractivity contribution is -0.138. The zero-order valence-electron chi connectivity index (χ0n) is 27.7. The highest BCUT2D eigenvalue weighted by Crippen LogP contribution is 2.13. The van der Waals surface area contributed by atoms with Gasteiger partial charge in [0.2, 0.25) is 23.6 Å². The highest BCUT2D eigenvalue weighted by molar-refractivity contribution is 6.02. The van der Waals surface area contributed by atoms with E-state index in [9.17, 15) is 24.0 Å². The fourth-order valence-corrected chi connectivity index (χ4v) is 4.70. The van der Waals surface area contributed by atoms with E-state index >= 15 is 0 Å². The number of carbonyl (C=O) groups is 5. The van der Waals surface area contributed by atoms with Crippen molar-refractivity contribution in [2.45, 2.75) is 64.1 Å². The molecular formula is C33H48N10O6. The van der Waals surface area contributed by atoms with E-state index in [1.165, 1.54) is 0 Å².